The average molecular weight is 264 g/mol. The van der Waals surface area contributed by atoms with Gasteiger partial charge in [-0.05, 0) is 25.1 Å². The highest BCUT2D eigenvalue weighted by Gasteiger charge is 2.06. The molecule has 6 heteroatoms. The second kappa shape index (κ2) is 4.06. The van der Waals surface area contributed by atoms with E-state index >= 15 is 0 Å². The van der Waals surface area contributed by atoms with Crippen LogP contribution in [0, 0.1) is 6.92 Å². The van der Waals surface area contributed by atoms with Gasteiger partial charge in [0.05, 0.1) is 22.9 Å². The molecule has 0 aliphatic heterocycles. The number of rotatable bonds is 2. The summed E-state index contributed by atoms with van der Waals surface area (Å²) in [5.41, 5.74) is 3.88. The minimum absolute atomic E-state index is 0.790. The van der Waals surface area contributed by atoms with E-state index in [1.807, 2.05) is 42.2 Å². The van der Waals surface area contributed by atoms with Crippen LogP contribution in [0.15, 0.2) is 43.2 Å². The lowest BCUT2D eigenvalue weighted by Crippen LogP contribution is -1.96. The number of imidazole rings is 1. The lowest BCUT2D eigenvalue weighted by molar-refractivity contribution is 1.15. The van der Waals surface area contributed by atoms with Crippen LogP contribution in [-0.4, -0.2) is 24.3 Å². The summed E-state index contributed by atoms with van der Waals surface area (Å²) < 4.78 is 1.99. The molecule has 0 bridgehead atoms. The van der Waals surface area contributed by atoms with Crippen molar-refractivity contribution in [2.24, 2.45) is 0 Å². The Morgan fingerprint density at radius 3 is 3.10 bits per heavy atom. The van der Waals surface area contributed by atoms with Crippen LogP contribution in [-0.2, 0) is 0 Å². The monoisotopic (exact) mass is 264 g/mol. The normalized spacial score (nSPS) is 11.2. The molecule has 0 fully saturated rings. The molecule has 6 nitrogen and oxygen atoms in total. The number of aromatic nitrogens is 5. The number of nitrogens with one attached hydrogen (secondary N) is 2. The maximum Gasteiger partial charge on any atom is 0.143 e. The summed E-state index contributed by atoms with van der Waals surface area (Å²) in [6, 6.07) is 6.01. The average Bonchev–Trinajstić information content (AvgIpc) is 3.07. The number of fused-ring (bicyclic) bond motifs is 2. The van der Waals surface area contributed by atoms with Gasteiger partial charge in [-0.2, -0.15) is 0 Å². The van der Waals surface area contributed by atoms with Crippen molar-refractivity contribution < 1.29 is 0 Å². The Kier molecular flexibility index (Phi) is 2.23. The molecule has 0 aliphatic carbocycles. The first kappa shape index (κ1) is 11.0. The van der Waals surface area contributed by atoms with E-state index in [9.17, 15) is 0 Å². The van der Waals surface area contributed by atoms with E-state index in [-0.39, 0.29) is 0 Å². The van der Waals surface area contributed by atoms with Crippen LogP contribution in [0.3, 0.4) is 0 Å². The fraction of sp³-hybridized carbons (Fsp3) is 0.0714. The molecule has 0 unspecified atom stereocenters. The Morgan fingerprint density at radius 1 is 1.20 bits per heavy atom. The van der Waals surface area contributed by atoms with E-state index < -0.39 is 0 Å². The number of anilines is 2. The molecular weight excluding hydrogens is 252 g/mol. The van der Waals surface area contributed by atoms with Crippen molar-refractivity contribution in [3.8, 4) is 0 Å². The molecule has 0 aliphatic rings. The van der Waals surface area contributed by atoms with Gasteiger partial charge in [0.1, 0.15) is 17.8 Å². The predicted molar refractivity (Wildman–Crippen MR) is 77.1 cm³/mol. The maximum atomic E-state index is 4.30. The van der Waals surface area contributed by atoms with E-state index in [1.165, 1.54) is 0 Å². The van der Waals surface area contributed by atoms with Crippen molar-refractivity contribution in [3.05, 3.63) is 48.9 Å². The molecule has 4 rings (SSSR count). The Balaban J connectivity index is 1.80. The van der Waals surface area contributed by atoms with Crippen LogP contribution in [0.25, 0.3) is 16.6 Å². The molecule has 0 aromatic carbocycles. The molecule has 2 N–H and O–H groups in total. The van der Waals surface area contributed by atoms with Crippen molar-refractivity contribution >= 4 is 28.1 Å². The zero-order valence-electron chi connectivity index (χ0n) is 10.8. The standard InChI is InChI=1S/C14H12N6/c1-9-12-6-10(3-5-20(12)8-18-9)19-14-11-2-4-15-13(11)16-7-17-14/h2-8H,1H3,(H2,15,16,17,19). The van der Waals surface area contributed by atoms with Gasteiger partial charge in [-0.1, -0.05) is 0 Å². The topological polar surface area (TPSA) is 70.9 Å². The van der Waals surface area contributed by atoms with E-state index in [0.717, 1.165) is 33.7 Å². The number of hydrogen-bond acceptors (Lipinski definition) is 4. The Hall–Kier alpha value is -2.89. The van der Waals surface area contributed by atoms with Gasteiger partial charge < -0.3 is 14.7 Å². The van der Waals surface area contributed by atoms with Gasteiger partial charge in [0.2, 0.25) is 0 Å². The smallest absolute Gasteiger partial charge is 0.143 e. The minimum Gasteiger partial charge on any atom is -0.346 e. The molecule has 20 heavy (non-hydrogen) atoms. The lowest BCUT2D eigenvalue weighted by atomic mass is 10.3. The first-order chi connectivity index (χ1) is 9.81. The van der Waals surface area contributed by atoms with Gasteiger partial charge in [-0.3, -0.25) is 0 Å². The Labute approximate surface area is 114 Å². The van der Waals surface area contributed by atoms with E-state index in [1.54, 1.807) is 6.33 Å². The summed E-state index contributed by atoms with van der Waals surface area (Å²) in [4.78, 5) is 15.8. The molecule has 4 aromatic heterocycles. The van der Waals surface area contributed by atoms with Crippen LogP contribution in [0.1, 0.15) is 5.69 Å². The molecule has 0 radical (unpaired) electrons. The summed E-state index contributed by atoms with van der Waals surface area (Å²) in [7, 11) is 0. The SMILES string of the molecule is Cc1ncn2ccc(Nc3ncnc4[nH]ccc34)cc12. The van der Waals surface area contributed by atoms with Crippen LogP contribution in [0.4, 0.5) is 11.5 Å². The largest absolute Gasteiger partial charge is 0.346 e. The quantitative estimate of drug-likeness (QED) is 0.584. The molecule has 0 amide bonds. The third-order valence-electron chi connectivity index (χ3n) is 3.35. The molecule has 0 saturated carbocycles. The van der Waals surface area contributed by atoms with Crippen LogP contribution < -0.4 is 5.32 Å². The van der Waals surface area contributed by atoms with Crippen LogP contribution >= 0.6 is 0 Å². The Bertz CT molecular complexity index is 904. The molecular formula is C14H12N6. The van der Waals surface area contributed by atoms with Crippen LogP contribution in [0.5, 0.6) is 0 Å². The van der Waals surface area contributed by atoms with Crippen molar-refractivity contribution in [2.45, 2.75) is 6.92 Å². The number of hydrogen-bond donors (Lipinski definition) is 2. The summed E-state index contributed by atoms with van der Waals surface area (Å²) in [5, 5.41) is 4.30. The van der Waals surface area contributed by atoms with E-state index in [2.05, 4.69) is 31.3 Å². The highest BCUT2D eigenvalue weighted by molar-refractivity contribution is 5.88. The molecule has 98 valence electrons. The zero-order chi connectivity index (χ0) is 13.5. The highest BCUT2D eigenvalue weighted by Crippen LogP contribution is 2.23. The third kappa shape index (κ3) is 1.62. The minimum atomic E-state index is 0.790. The van der Waals surface area contributed by atoms with Crippen molar-refractivity contribution in [1.82, 2.24) is 24.3 Å². The molecule has 0 spiro atoms. The van der Waals surface area contributed by atoms with Gasteiger partial charge in [0.15, 0.2) is 0 Å². The summed E-state index contributed by atoms with van der Waals surface area (Å²) in [5.74, 6) is 0.790. The molecule has 4 aromatic rings. The van der Waals surface area contributed by atoms with Crippen molar-refractivity contribution in [2.75, 3.05) is 5.32 Å². The Morgan fingerprint density at radius 2 is 2.15 bits per heavy atom. The third-order valence-corrected chi connectivity index (χ3v) is 3.35. The number of nitrogens with zero attached hydrogens (tertiary/aromatic N) is 4. The highest BCUT2D eigenvalue weighted by atomic mass is 15.0. The first-order valence-electron chi connectivity index (χ1n) is 6.30. The number of H-pyrrole nitrogens is 1. The van der Waals surface area contributed by atoms with Gasteiger partial charge in [0, 0.05) is 18.1 Å². The van der Waals surface area contributed by atoms with Gasteiger partial charge in [-0.15, -0.1) is 0 Å². The predicted octanol–water partition coefficient (Wildman–Crippen LogP) is 2.66. The van der Waals surface area contributed by atoms with E-state index in [0.29, 0.717) is 0 Å². The second-order valence-electron chi connectivity index (χ2n) is 4.63. The number of aromatic amines is 1. The summed E-state index contributed by atoms with van der Waals surface area (Å²) >= 11 is 0. The molecule has 4 heterocycles. The van der Waals surface area contributed by atoms with Gasteiger partial charge in [-0.25, -0.2) is 15.0 Å². The second-order valence-corrected chi connectivity index (χ2v) is 4.63. The zero-order valence-corrected chi connectivity index (χ0v) is 10.8. The number of pyridine rings is 1. The maximum absolute atomic E-state index is 4.30. The molecule has 0 atom stereocenters. The first-order valence-corrected chi connectivity index (χ1v) is 6.30. The van der Waals surface area contributed by atoms with E-state index in [4.69, 9.17) is 0 Å². The van der Waals surface area contributed by atoms with Gasteiger partial charge in [0.25, 0.3) is 0 Å². The van der Waals surface area contributed by atoms with Gasteiger partial charge >= 0.3 is 0 Å². The summed E-state index contributed by atoms with van der Waals surface area (Å²) in [6.07, 6.45) is 7.19. The van der Waals surface area contributed by atoms with Crippen LogP contribution in [0.2, 0.25) is 0 Å². The lowest BCUT2D eigenvalue weighted by Gasteiger charge is -2.07. The molecule has 0 saturated heterocycles. The van der Waals surface area contributed by atoms with Crippen molar-refractivity contribution in [1.29, 1.82) is 0 Å². The fourth-order valence-electron chi connectivity index (χ4n) is 2.30. The number of aryl methyl sites for hydroxylation is 1. The van der Waals surface area contributed by atoms with Crippen molar-refractivity contribution in [3.63, 3.8) is 0 Å². The fourth-order valence-corrected chi connectivity index (χ4v) is 2.30. The summed E-state index contributed by atoms with van der Waals surface area (Å²) in [6.45, 7) is 1.99.